The van der Waals surface area contributed by atoms with Crippen molar-refractivity contribution in [2.24, 2.45) is 0 Å². The molecule has 0 aliphatic rings. The maximum atomic E-state index is 11.8. The molecule has 1 N–H and O–H groups in total. The minimum Gasteiger partial charge on any atom is -0.467 e. The number of methoxy groups -OCH3 is 1. The van der Waals surface area contributed by atoms with E-state index in [0.29, 0.717) is 18.8 Å². The molecular weight excluding hydrogens is 444 g/mol. The number of rotatable bonds is 12. The Morgan fingerprint density at radius 3 is 2.55 bits per heavy atom. The molecule has 0 fully saturated rings. The molecule has 0 saturated heterocycles. The largest absolute Gasteiger partial charge is 0.467 e. The molecule has 8 nitrogen and oxygen atoms in total. The maximum absolute atomic E-state index is 11.8. The second kappa shape index (κ2) is 11.2. The molecule has 178 valence electrons. The highest BCUT2D eigenvalue weighted by Gasteiger charge is 2.19. The fraction of sp³-hybridized carbons (Fsp3) is 0.375. The number of benzene rings is 2. The molecule has 3 aromatic rings. The van der Waals surface area contributed by atoms with Gasteiger partial charge in [0.25, 0.3) is 0 Å². The van der Waals surface area contributed by atoms with Crippen LogP contribution in [0.4, 0.5) is 5.69 Å². The third kappa shape index (κ3) is 7.23. The first-order valence-corrected chi connectivity index (χ1v) is 12.6. The normalized spacial score (nSPS) is 12.5. The fourth-order valence-corrected chi connectivity index (χ4v) is 4.04. The van der Waals surface area contributed by atoms with Crippen LogP contribution in [0.25, 0.3) is 10.9 Å². The van der Waals surface area contributed by atoms with Crippen LogP contribution in [0.3, 0.4) is 0 Å². The van der Waals surface area contributed by atoms with Gasteiger partial charge in [0.05, 0.1) is 18.9 Å². The summed E-state index contributed by atoms with van der Waals surface area (Å²) in [5.74, 6) is -0.0615. The van der Waals surface area contributed by atoms with Crippen molar-refractivity contribution in [2.45, 2.75) is 32.4 Å². The number of anilines is 1. The summed E-state index contributed by atoms with van der Waals surface area (Å²) in [6.45, 7) is 3.83. The molecule has 0 bridgehead atoms. The predicted molar refractivity (Wildman–Crippen MR) is 128 cm³/mol. The maximum Gasteiger partial charge on any atom is 0.335 e. The molecule has 0 aliphatic heterocycles. The molecule has 9 heteroatoms. The summed E-state index contributed by atoms with van der Waals surface area (Å²) in [4.78, 5) is 11.8. The average molecular weight is 475 g/mol. The standard InChI is InChI=1S/C24H30N2O6S/c1-4-31-23(24(27)30-2)16-18-6-9-20(10-7-18)25-13-5-14-26-15-12-19-8-11-21(17-22(19)26)32-33(3,28)29/h6-12,15,17,23,25H,4-5,13-14,16H2,1-3H3. The topological polar surface area (TPSA) is 95.9 Å². The predicted octanol–water partition coefficient (Wildman–Crippen LogP) is 3.60. The number of nitrogens with zero attached hydrogens (tertiary/aromatic N) is 1. The smallest absolute Gasteiger partial charge is 0.335 e. The van der Waals surface area contributed by atoms with Crippen LogP contribution in [-0.4, -0.2) is 51.6 Å². The highest BCUT2D eigenvalue weighted by molar-refractivity contribution is 7.86. The second-order valence-corrected chi connectivity index (χ2v) is 9.24. The van der Waals surface area contributed by atoms with Crippen LogP contribution in [0, 0.1) is 0 Å². The van der Waals surface area contributed by atoms with E-state index in [4.69, 9.17) is 13.7 Å². The Morgan fingerprint density at radius 2 is 1.88 bits per heavy atom. The molecule has 3 rings (SSSR count). The van der Waals surface area contributed by atoms with Crippen molar-refractivity contribution in [3.8, 4) is 5.75 Å². The summed E-state index contributed by atoms with van der Waals surface area (Å²) in [5, 5.41) is 4.42. The zero-order valence-corrected chi connectivity index (χ0v) is 19.9. The SMILES string of the molecule is CCOC(Cc1ccc(NCCCn2ccc3ccc(OS(C)(=O)=O)cc32)cc1)C(=O)OC. The Kier molecular flexibility index (Phi) is 8.35. The fourth-order valence-electron chi connectivity index (χ4n) is 3.58. The summed E-state index contributed by atoms with van der Waals surface area (Å²) in [6.07, 6.45) is 3.76. The van der Waals surface area contributed by atoms with Gasteiger partial charge in [-0.25, -0.2) is 4.79 Å². The van der Waals surface area contributed by atoms with Crippen molar-refractivity contribution in [3.05, 3.63) is 60.3 Å². The van der Waals surface area contributed by atoms with Gasteiger partial charge in [0.15, 0.2) is 6.10 Å². The lowest BCUT2D eigenvalue weighted by atomic mass is 10.1. The highest BCUT2D eigenvalue weighted by atomic mass is 32.2. The van der Waals surface area contributed by atoms with Gasteiger partial charge in [0, 0.05) is 44.1 Å². The van der Waals surface area contributed by atoms with Gasteiger partial charge in [-0.05, 0) is 54.6 Å². The van der Waals surface area contributed by atoms with E-state index in [1.165, 1.54) is 7.11 Å². The number of aryl methyl sites for hydroxylation is 1. The first-order chi connectivity index (χ1) is 15.8. The van der Waals surface area contributed by atoms with Gasteiger partial charge in [0.1, 0.15) is 5.75 Å². The van der Waals surface area contributed by atoms with Gasteiger partial charge in [-0.2, -0.15) is 8.42 Å². The van der Waals surface area contributed by atoms with Crippen LogP contribution >= 0.6 is 0 Å². The van der Waals surface area contributed by atoms with Crippen LogP contribution in [0.15, 0.2) is 54.7 Å². The van der Waals surface area contributed by atoms with Gasteiger partial charge in [0.2, 0.25) is 0 Å². The van der Waals surface area contributed by atoms with E-state index in [2.05, 4.69) is 9.88 Å². The van der Waals surface area contributed by atoms with Crippen LogP contribution in [0.2, 0.25) is 0 Å². The van der Waals surface area contributed by atoms with Gasteiger partial charge < -0.3 is 23.5 Å². The minimum absolute atomic E-state index is 0.307. The molecule has 0 amide bonds. The van der Waals surface area contributed by atoms with E-state index in [1.54, 1.807) is 12.1 Å². The van der Waals surface area contributed by atoms with Crippen molar-refractivity contribution in [1.29, 1.82) is 0 Å². The molecular formula is C24H30N2O6S. The minimum atomic E-state index is -3.56. The summed E-state index contributed by atoms with van der Waals surface area (Å²) < 4.78 is 40.1. The Hall–Kier alpha value is -3.04. The molecule has 1 atom stereocenters. The van der Waals surface area contributed by atoms with Gasteiger partial charge in [-0.15, -0.1) is 0 Å². The van der Waals surface area contributed by atoms with Gasteiger partial charge in [-0.3, -0.25) is 0 Å². The van der Waals surface area contributed by atoms with E-state index in [-0.39, 0.29) is 5.97 Å². The second-order valence-electron chi connectivity index (χ2n) is 7.67. The van der Waals surface area contributed by atoms with Crippen molar-refractivity contribution in [1.82, 2.24) is 4.57 Å². The van der Waals surface area contributed by atoms with E-state index < -0.39 is 16.2 Å². The Morgan fingerprint density at radius 1 is 1.12 bits per heavy atom. The first kappa shape index (κ1) is 24.6. The molecule has 1 aromatic heterocycles. The lowest BCUT2D eigenvalue weighted by Gasteiger charge is -2.15. The number of carbonyl (C=O) groups excluding carboxylic acids is 1. The molecule has 1 heterocycles. The first-order valence-electron chi connectivity index (χ1n) is 10.8. The molecule has 33 heavy (non-hydrogen) atoms. The van der Waals surface area contributed by atoms with Gasteiger partial charge in [-0.1, -0.05) is 12.1 Å². The number of hydrogen-bond donors (Lipinski definition) is 1. The van der Waals surface area contributed by atoms with E-state index >= 15 is 0 Å². The highest BCUT2D eigenvalue weighted by Crippen LogP contribution is 2.23. The summed E-state index contributed by atoms with van der Waals surface area (Å²) in [6, 6.07) is 15.1. The summed E-state index contributed by atoms with van der Waals surface area (Å²) >= 11 is 0. The summed E-state index contributed by atoms with van der Waals surface area (Å²) in [5.41, 5.74) is 2.91. The van der Waals surface area contributed by atoms with Crippen molar-refractivity contribution >= 4 is 32.7 Å². The summed E-state index contributed by atoms with van der Waals surface area (Å²) in [7, 11) is -2.20. The van der Waals surface area contributed by atoms with E-state index in [0.717, 1.165) is 47.9 Å². The quantitative estimate of drug-likeness (QED) is 0.243. The lowest BCUT2D eigenvalue weighted by molar-refractivity contribution is -0.153. The van der Waals surface area contributed by atoms with Gasteiger partial charge >= 0.3 is 16.1 Å². The third-order valence-electron chi connectivity index (χ3n) is 5.10. The number of esters is 1. The number of aromatic nitrogens is 1. The molecule has 1 unspecified atom stereocenters. The lowest BCUT2D eigenvalue weighted by Crippen LogP contribution is -2.28. The number of fused-ring (bicyclic) bond motifs is 1. The average Bonchev–Trinajstić information content (AvgIpc) is 3.18. The van der Waals surface area contributed by atoms with Crippen molar-refractivity contribution in [2.75, 3.05) is 31.8 Å². The molecule has 2 aromatic carbocycles. The van der Waals surface area contributed by atoms with Crippen LogP contribution in [-0.2, 0) is 37.4 Å². The van der Waals surface area contributed by atoms with Crippen LogP contribution in [0.1, 0.15) is 18.9 Å². The molecule has 0 saturated carbocycles. The zero-order chi connectivity index (χ0) is 23.8. The zero-order valence-electron chi connectivity index (χ0n) is 19.1. The van der Waals surface area contributed by atoms with Crippen molar-refractivity contribution < 1.29 is 26.9 Å². The van der Waals surface area contributed by atoms with Crippen LogP contribution < -0.4 is 9.50 Å². The number of hydrogen-bond acceptors (Lipinski definition) is 7. The molecule has 0 radical (unpaired) electrons. The van der Waals surface area contributed by atoms with Crippen LogP contribution in [0.5, 0.6) is 5.75 Å². The number of nitrogens with one attached hydrogen (secondary N) is 1. The molecule has 0 spiro atoms. The Balaban J connectivity index is 1.52. The van der Waals surface area contributed by atoms with E-state index in [9.17, 15) is 13.2 Å². The Bertz CT molecular complexity index is 1170. The number of ether oxygens (including phenoxy) is 2. The molecule has 0 aliphatic carbocycles. The monoisotopic (exact) mass is 474 g/mol. The number of carbonyl (C=O) groups is 1. The third-order valence-corrected chi connectivity index (χ3v) is 5.60. The van der Waals surface area contributed by atoms with E-state index in [1.807, 2.05) is 49.5 Å². The Labute approximate surface area is 194 Å². The van der Waals surface area contributed by atoms with Crippen molar-refractivity contribution in [3.63, 3.8) is 0 Å².